The van der Waals surface area contributed by atoms with Crippen LogP contribution in [-0.4, -0.2) is 15.0 Å². The Hall–Kier alpha value is -5.88. The third-order valence-electron chi connectivity index (χ3n) is 10.4. The van der Waals surface area contributed by atoms with Crippen LogP contribution in [0.4, 0.5) is 0 Å². The van der Waals surface area contributed by atoms with Gasteiger partial charge in [-0.05, 0) is 63.7 Å². The summed E-state index contributed by atoms with van der Waals surface area (Å²) in [6, 6.07) is 58.9. The fraction of sp³-hybridized carbons (Fsp3) is 0.0217. The number of thiophene rings is 1. The van der Waals surface area contributed by atoms with E-state index in [0.717, 1.165) is 16.7 Å². The average molecular weight is 686 g/mol. The van der Waals surface area contributed by atoms with E-state index in [2.05, 4.69) is 127 Å². The molecule has 5 heteroatoms. The maximum absolute atomic E-state index is 5.25. The quantitative estimate of drug-likeness (QED) is 0.186. The number of rotatable bonds is 3. The summed E-state index contributed by atoms with van der Waals surface area (Å²) in [5.74, 6) is 2.00. The Morgan fingerprint density at radius 3 is 1.65 bits per heavy atom. The molecule has 0 amide bonds. The van der Waals surface area contributed by atoms with Gasteiger partial charge in [0.1, 0.15) is 0 Å². The molecule has 51 heavy (non-hydrogen) atoms. The number of benzene rings is 7. The zero-order valence-corrected chi connectivity index (χ0v) is 28.9. The number of aromatic nitrogens is 3. The molecule has 0 atom stereocenters. The van der Waals surface area contributed by atoms with Gasteiger partial charge in [0.15, 0.2) is 17.5 Å². The number of fused-ring (bicyclic) bond motifs is 12. The molecule has 238 valence electrons. The maximum Gasteiger partial charge on any atom is 0.164 e. The van der Waals surface area contributed by atoms with E-state index >= 15 is 0 Å². The van der Waals surface area contributed by atoms with E-state index in [0.29, 0.717) is 17.5 Å². The van der Waals surface area contributed by atoms with Crippen molar-refractivity contribution in [3.63, 3.8) is 0 Å². The van der Waals surface area contributed by atoms with Gasteiger partial charge in [0.2, 0.25) is 0 Å². The SMILES string of the molecule is c1ccc(-c2nc(-c3ccccc3)nc(-c3cccc4c3-c3cc5sc6ccccc6c5cc3C43c4ccccc4Sc4ccccc43)n2)cc1. The Balaban J connectivity index is 1.28. The summed E-state index contributed by atoms with van der Waals surface area (Å²) in [6.45, 7) is 0. The summed E-state index contributed by atoms with van der Waals surface area (Å²) in [6.07, 6.45) is 0. The molecule has 0 N–H and O–H groups in total. The van der Waals surface area contributed by atoms with Crippen LogP contribution < -0.4 is 0 Å². The number of hydrogen-bond donors (Lipinski definition) is 0. The second-order valence-electron chi connectivity index (χ2n) is 13.1. The van der Waals surface area contributed by atoms with Gasteiger partial charge in [0, 0.05) is 46.7 Å². The molecule has 1 spiro atoms. The van der Waals surface area contributed by atoms with Crippen LogP contribution >= 0.6 is 23.1 Å². The second-order valence-corrected chi connectivity index (χ2v) is 15.3. The van der Waals surface area contributed by atoms with E-state index in [4.69, 9.17) is 15.0 Å². The Morgan fingerprint density at radius 2 is 0.961 bits per heavy atom. The predicted octanol–water partition coefficient (Wildman–Crippen LogP) is 12.1. The van der Waals surface area contributed by atoms with Crippen LogP contribution in [0.15, 0.2) is 174 Å². The smallest absolute Gasteiger partial charge is 0.164 e. The lowest BCUT2D eigenvalue weighted by Crippen LogP contribution is -2.31. The van der Waals surface area contributed by atoms with Gasteiger partial charge >= 0.3 is 0 Å². The van der Waals surface area contributed by atoms with Crippen molar-refractivity contribution >= 4 is 43.3 Å². The van der Waals surface area contributed by atoms with Crippen LogP contribution in [0.5, 0.6) is 0 Å². The summed E-state index contributed by atoms with van der Waals surface area (Å²) in [5, 5.41) is 2.60. The lowest BCUT2D eigenvalue weighted by atomic mass is 9.67. The lowest BCUT2D eigenvalue weighted by molar-refractivity contribution is 0.723. The molecule has 2 aromatic heterocycles. The molecule has 9 aromatic rings. The normalized spacial score (nSPS) is 13.6. The minimum Gasteiger partial charge on any atom is -0.208 e. The molecule has 3 heterocycles. The van der Waals surface area contributed by atoms with Crippen LogP contribution in [-0.2, 0) is 5.41 Å². The molecule has 7 aromatic carbocycles. The van der Waals surface area contributed by atoms with Crippen molar-refractivity contribution in [2.45, 2.75) is 15.2 Å². The van der Waals surface area contributed by atoms with Crippen LogP contribution in [0.3, 0.4) is 0 Å². The first-order valence-corrected chi connectivity index (χ1v) is 18.7. The second kappa shape index (κ2) is 11.1. The molecular formula is C46H27N3S2. The van der Waals surface area contributed by atoms with Gasteiger partial charge in [-0.1, -0.05) is 145 Å². The van der Waals surface area contributed by atoms with Crippen LogP contribution in [0, 0.1) is 0 Å². The fourth-order valence-corrected chi connectivity index (χ4v) is 10.6. The molecule has 0 saturated carbocycles. The van der Waals surface area contributed by atoms with Crippen LogP contribution in [0.25, 0.3) is 65.5 Å². The highest BCUT2D eigenvalue weighted by atomic mass is 32.2. The first-order valence-electron chi connectivity index (χ1n) is 17.1. The van der Waals surface area contributed by atoms with Crippen molar-refractivity contribution in [1.29, 1.82) is 0 Å². The highest BCUT2D eigenvalue weighted by molar-refractivity contribution is 7.99. The minimum atomic E-state index is -0.520. The highest BCUT2D eigenvalue weighted by Crippen LogP contribution is 2.64. The van der Waals surface area contributed by atoms with E-state index in [-0.39, 0.29) is 0 Å². The predicted molar refractivity (Wildman–Crippen MR) is 210 cm³/mol. The van der Waals surface area contributed by atoms with Gasteiger partial charge in [0.25, 0.3) is 0 Å². The molecule has 1 aliphatic carbocycles. The molecule has 0 radical (unpaired) electrons. The van der Waals surface area contributed by atoms with E-state index in [1.165, 1.54) is 63.3 Å². The van der Waals surface area contributed by atoms with Crippen molar-refractivity contribution in [3.05, 3.63) is 186 Å². The van der Waals surface area contributed by atoms with Gasteiger partial charge in [-0.15, -0.1) is 11.3 Å². The van der Waals surface area contributed by atoms with E-state index in [1.54, 1.807) is 0 Å². The van der Waals surface area contributed by atoms with Gasteiger partial charge in [-0.2, -0.15) is 0 Å². The zero-order chi connectivity index (χ0) is 33.5. The van der Waals surface area contributed by atoms with Crippen molar-refractivity contribution in [3.8, 4) is 45.3 Å². The molecular weight excluding hydrogens is 659 g/mol. The summed E-state index contributed by atoms with van der Waals surface area (Å²) >= 11 is 3.73. The summed E-state index contributed by atoms with van der Waals surface area (Å²) < 4.78 is 2.58. The fourth-order valence-electron chi connectivity index (χ4n) is 8.28. The Bertz CT molecular complexity index is 2740. The van der Waals surface area contributed by atoms with Crippen LogP contribution in [0.2, 0.25) is 0 Å². The van der Waals surface area contributed by atoms with Crippen molar-refractivity contribution in [1.82, 2.24) is 15.0 Å². The standard InChI is InChI=1S/C46H27N3S2/c1-3-14-28(15-4-1)43-47-44(29-16-5-2-6-17-29)49-45(48-43)31-19-13-22-36-42(31)33-27-41-32(30-18-7-10-23-38(30)50-41)26-37(33)46(36)34-20-8-11-24-39(34)51-40-25-12-9-21-35(40)46/h1-27H. The van der Waals surface area contributed by atoms with Gasteiger partial charge < -0.3 is 0 Å². The van der Waals surface area contributed by atoms with E-state index < -0.39 is 5.41 Å². The van der Waals surface area contributed by atoms with Crippen LogP contribution in [0.1, 0.15) is 22.3 Å². The number of hydrogen-bond acceptors (Lipinski definition) is 5. The molecule has 0 unspecified atom stereocenters. The Morgan fingerprint density at radius 1 is 0.392 bits per heavy atom. The Kier molecular flexibility index (Phi) is 6.27. The summed E-state index contributed by atoms with van der Waals surface area (Å²) in [4.78, 5) is 18.1. The third-order valence-corrected chi connectivity index (χ3v) is 12.7. The van der Waals surface area contributed by atoms with Gasteiger partial charge in [-0.25, -0.2) is 15.0 Å². The summed E-state index contributed by atoms with van der Waals surface area (Å²) in [7, 11) is 0. The lowest BCUT2D eigenvalue weighted by Gasteiger charge is -2.39. The summed E-state index contributed by atoms with van der Waals surface area (Å²) in [5.41, 5.74) is 10.0. The molecule has 0 saturated heterocycles. The van der Waals surface area contributed by atoms with Crippen molar-refractivity contribution in [2.75, 3.05) is 0 Å². The van der Waals surface area contributed by atoms with Crippen molar-refractivity contribution < 1.29 is 0 Å². The average Bonchev–Trinajstić information content (AvgIpc) is 3.71. The maximum atomic E-state index is 5.25. The first-order chi connectivity index (χ1) is 25.3. The van der Waals surface area contributed by atoms with E-state index in [1.807, 2.05) is 59.5 Å². The topological polar surface area (TPSA) is 38.7 Å². The molecule has 2 aliphatic rings. The van der Waals surface area contributed by atoms with Gasteiger partial charge in [0.05, 0.1) is 5.41 Å². The number of nitrogens with zero attached hydrogens (tertiary/aromatic N) is 3. The van der Waals surface area contributed by atoms with E-state index in [9.17, 15) is 0 Å². The highest BCUT2D eigenvalue weighted by Gasteiger charge is 2.51. The minimum absolute atomic E-state index is 0.520. The molecule has 1 aliphatic heterocycles. The van der Waals surface area contributed by atoms with Gasteiger partial charge in [-0.3, -0.25) is 0 Å². The Labute approximate surface area is 303 Å². The van der Waals surface area contributed by atoms with Crippen molar-refractivity contribution in [2.24, 2.45) is 0 Å². The third kappa shape index (κ3) is 4.16. The molecule has 11 rings (SSSR count). The largest absolute Gasteiger partial charge is 0.208 e. The first kappa shape index (κ1) is 28.9. The molecule has 3 nitrogen and oxygen atoms in total. The zero-order valence-electron chi connectivity index (χ0n) is 27.2. The molecule has 0 bridgehead atoms. The molecule has 0 fully saturated rings. The monoisotopic (exact) mass is 685 g/mol.